The molecule has 0 aliphatic heterocycles. The Bertz CT molecular complexity index is 883. The highest BCUT2D eigenvalue weighted by molar-refractivity contribution is 6.30. The summed E-state index contributed by atoms with van der Waals surface area (Å²) in [5.74, 6) is -0.570. The standard InChI is InChI=1S/C21H19ClN2O3/c1-2-3-11-24-20(25)17(14-23)12-15-7-9-19(10-8-15)27-21(26)16-5-4-6-18(22)13-16/h4-10,12-13H,2-3,11H2,1H3,(H,24,25)/b17-12+. The molecular weight excluding hydrogens is 364 g/mol. The van der Waals surface area contributed by atoms with E-state index in [9.17, 15) is 14.9 Å². The van der Waals surface area contributed by atoms with Crippen molar-refractivity contribution in [3.63, 3.8) is 0 Å². The van der Waals surface area contributed by atoms with E-state index in [-0.39, 0.29) is 5.57 Å². The smallest absolute Gasteiger partial charge is 0.343 e. The lowest BCUT2D eigenvalue weighted by molar-refractivity contribution is -0.117. The molecule has 0 fully saturated rings. The van der Waals surface area contributed by atoms with Crippen molar-refractivity contribution < 1.29 is 14.3 Å². The molecule has 0 aliphatic rings. The van der Waals surface area contributed by atoms with Gasteiger partial charge in [-0.1, -0.05) is 43.1 Å². The van der Waals surface area contributed by atoms with Crippen LogP contribution in [0, 0.1) is 11.3 Å². The Morgan fingerprint density at radius 3 is 2.59 bits per heavy atom. The van der Waals surface area contributed by atoms with Crippen molar-refractivity contribution in [3.05, 3.63) is 70.3 Å². The number of benzene rings is 2. The largest absolute Gasteiger partial charge is 0.423 e. The second-order valence-electron chi connectivity index (χ2n) is 5.75. The van der Waals surface area contributed by atoms with Gasteiger partial charge in [0, 0.05) is 11.6 Å². The summed E-state index contributed by atoms with van der Waals surface area (Å²) in [7, 11) is 0. The average molecular weight is 383 g/mol. The maximum Gasteiger partial charge on any atom is 0.343 e. The second kappa shape index (κ2) is 10.1. The number of esters is 1. The molecule has 5 nitrogen and oxygen atoms in total. The topological polar surface area (TPSA) is 79.2 Å². The Labute approximate surface area is 163 Å². The monoisotopic (exact) mass is 382 g/mol. The Balaban J connectivity index is 2.04. The lowest BCUT2D eigenvalue weighted by atomic mass is 10.1. The minimum absolute atomic E-state index is 0.0229. The van der Waals surface area contributed by atoms with Crippen LogP contribution in [0.2, 0.25) is 5.02 Å². The zero-order valence-electron chi connectivity index (χ0n) is 14.9. The molecule has 138 valence electrons. The fraction of sp³-hybridized carbons (Fsp3) is 0.190. The molecular formula is C21H19ClN2O3. The molecule has 6 heteroatoms. The number of halogens is 1. The Morgan fingerprint density at radius 1 is 1.22 bits per heavy atom. The average Bonchev–Trinajstić information content (AvgIpc) is 2.67. The first-order valence-electron chi connectivity index (χ1n) is 8.51. The predicted octanol–water partition coefficient (Wildman–Crippen LogP) is 4.38. The maximum absolute atomic E-state index is 12.1. The van der Waals surface area contributed by atoms with Crippen LogP contribution in [0.5, 0.6) is 5.75 Å². The highest BCUT2D eigenvalue weighted by atomic mass is 35.5. The first-order chi connectivity index (χ1) is 13.0. The van der Waals surface area contributed by atoms with Gasteiger partial charge in [-0.15, -0.1) is 0 Å². The molecule has 0 radical (unpaired) electrons. The van der Waals surface area contributed by atoms with Crippen molar-refractivity contribution >= 4 is 29.6 Å². The van der Waals surface area contributed by atoms with Gasteiger partial charge >= 0.3 is 5.97 Å². The van der Waals surface area contributed by atoms with Crippen molar-refractivity contribution in [1.29, 1.82) is 5.26 Å². The van der Waals surface area contributed by atoms with Crippen LogP contribution in [0.1, 0.15) is 35.7 Å². The minimum atomic E-state index is -0.520. The number of nitrogens with one attached hydrogen (secondary N) is 1. The van der Waals surface area contributed by atoms with Gasteiger partial charge in [0.2, 0.25) is 0 Å². The molecule has 1 N–H and O–H groups in total. The van der Waals surface area contributed by atoms with E-state index < -0.39 is 11.9 Å². The predicted molar refractivity (Wildman–Crippen MR) is 104 cm³/mol. The number of rotatable bonds is 7. The van der Waals surface area contributed by atoms with E-state index >= 15 is 0 Å². The van der Waals surface area contributed by atoms with Gasteiger partial charge in [0.15, 0.2) is 0 Å². The Morgan fingerprint density at radius 2 is 1.96 bits per heavy atom. The number of carbonyl (C=O) groups is 2. The fourth-order valence-corrected chi connectivity index (χ4v) is 2.39. The number of nitrogens with zero attached hydrogens (tertiary/aromatic N) is 1. The summed E-state index contributed by atoms with van der Waals surface area (Å²) >= 11 is 5.87. The van der Waals surface area contributed by atoms with E-state index in [1.807, 2.05) is 13.0 Å². The molecule has 0 heterocycles. The summed E-state index contributed by atoms with van der Waals surface area (Å²) < 4.78 is 5.29. The lowest BCUT2D eigenvalue weighted by Crippen LogP contribution is -2.25. The molecule has 2 aromatic carbocycles. The van der Waals surface area contributed by atoms with Gasteiger partial charge in [-0.25, -0.2) is 4.79 Å². The van der Waals surface area contributed by atoms with Gasteiger partial charge in [0.1, 0.15) is 17.4 Å². The van der Waals surface area contributed by atoms with Crippen molar-refractivity contribution in [2.75, 3.05) is 6.54 Å². The normalized spacial score (nSPS) is 10.8. The van der Waals surface area contributed by atoms with E-state index in [1.54, 1.807) is 42.5 Å². The molecule has 0 bridgehead atoms. The second-order valence-corrected chi connectivity index (χ2v) is 6.18. The number of hydrogen-bond acceptors (Lipinski definition) is 4. The molecule has 2 aromatic rings. The Kier molecular flexibility index (Phi) is 7.60. The van der Waals surface area contributed by atoms with E-state index in [1.165, 1.54) is 12.1 Å². The summed E-state index contributed by atoms with van der Waals surface area (Å²) in [4.78, 5) is 24.1. The molecule has 0 saturated carbocycles. The zero-order chi connectivity index (χ0) is 19.6. The van der Waals surface area contributed by atoms with Crippen molar-refractivity contribution in [3.8, 4) is 11.8 Å². The zero-order valence-corrected chi connectivity index (χ0v) is 15.6. The van der Waals surface area contributed by atoms with E-state index in [4.69, 9.17) is 16.3 Å². The summed E-state index contributed by atoms with van der Waals surface area (Å²) in [6.07, 6.45) is 3.31. The molecule has 0 aromatic heterocycles. The van der Waals surface area contributed by atoms with Gasteiger partial charge in [-0.05, 0) is 48.4 Å². The third kappa shape index (κ3) is 6.28. The highest BCUT2D eigenvalue weighted by Crippen LogP contribution is 2.17. The van der Waals surface area contributed by atoms with Crippen molar-refractivity contribution in [2.24, 2.45) is 0 Å². The third-order valence-corrected chi connectivity index (χ3v) is 3.88. The minimum Gasteiger partial charge on any atom is -0.423 e. The molecule has 0 atom stereocenters. The number of nitriles is 1. The molecule has 0 unspecified atom stereocenters. The molecule has 0 aliphatic carbocycles. The van der Waals surface area contributed by atoms with Crippen LogP contribution < -0.4 is 10.1 Å². The number of ether oxygens (including phenoxy) is 1. The van der Waals surface area contributed by atoms with Crippen LogP contribution in [-0.4, -0.2) is 18.4 Å². The lowest BCUT2D eigenvalue weighted by Gasteiger charge is -2.06. The van der Waals surface area contributed by atoms with Crippen LogP contribution in [0.15, 0.2) is 54.1 Å². The molecule has 1 amide bonds. The van der Waals surface area contributed by atoms with Crippen LogP contribution in [0.3, 0.4) is 0 Å². The summed E-state index contributed by atoms with van der Waals surface area (Å²) in [6, 6.07) is 14.9. The van der Waals surface area contributed by atoms with Crippen LogP contribution in [0.25, 0.3) is 6.08 Å². The maximum atomic E-state index is 12.1. The van der Waals surface area contributed by atoms with E-state index in [2.05, 4.69) is 5.32 Å². The van der Waals surface area contributed by atoms with Gasteiger partial charge in [-0.2, -0.15) is 5.26 Å². The number of hydrogen-bond donors (Lipinski definition) is 1. The highest BCUT2D eigenvalue weighted by Gasteiger charge is 2.10. The first-order valence-corrected chi connectivity index (χ1v) is 8.89. The molecule has 2 rings (SSSR count). The third-order valence-electron chi connectivity index (χ3n) is 3.64. The summed E-state index contributed by atoms with van der Waals surface area (Å²) in [6.45, 7) is 2.56. The first kappa shape index (κ1) is 20.2. The molecule has 0 saturated heterocycles. The van der Waals surface area contributed by atoms with Crippen molar-refractivity contribution in [2.45, 2.75) is 19.8 Å². The van der Waals surface area contributed by atoms with Gasteiger partial charge in [-0.3, -0.25) is 4.79 Å². The van der Waals surface area contributed by atoms with Crippen LogP contribution in [-0.2, 0) is 4.79 Å². The SMILES string of the molecule is CCCCNC(=O)/C(C#N)=C/c1ccc(OC(=O)c2cccc(Cl)c2)cc1. The fourth-order valence-electron chi connectivity index (χ4n) is 2.20. The Hall–Kier alpha value is -3.10. The van der Waals surface area contributed by atoms with Gasteiger partial charge in [0.05, 0.1) is 5.56 Å². The number of amides is 1. The van der Waals surface area contributed by atoms with Crippen LogP contribution >= 0.6 is 11.6 Å². The number of carbonyl (C=O) groups excluding carboxylic acids is 2. The number of unbranched alkanes of at least 4 members (excludes halogenated alkanes) is 1. The quantitative estimate of drug-likeness (QED) is 0.253. The molecule has 0 spiro atoms. The summed E-state index contributed by atoms with van der Waals surface area (Å²) in [5, 5.41) is 12.3. The summed E-state index contributed by atoms with van der Waals surface area (Å²) in [5.41, 5.74) is 1.02. The van der Waals surface area contributed by atoms with Crippen LogP contribution in [0.4, 0.5) is 0 Å². The molecule has 27 heavy (non-hydrogen) atoms. The van der Waals surface area contributed by atoms with E-state index in [0.29, 0.717) is 28.4 Å². The van der Waals surface area contributed by atoms with Crippen molar-refractivity contribution in [1.82, 2.24) is 5.32 Å². The van der Waals surface area contributed by atoms with E-state index in [0.717, 1.165) is 12.8 Å². The van der Waals surface area contributed by atoms with Gasteiger partial charge in [0.25, 0.3) is 5.91 Å². The van der Waals surface area contributed by atoms with Gasteiger partial charge < -0.3 is 10.1 Å².